The maximum absolute atomic E-state index is 13.0. The van der Waals surface area contributed by atoms with Crippen molar-refractivity contribution < 1.29 is 24.2 Å². The number of rotatable bonds is 9. The first-order valence-corrected chi connectivity index (χ1v) is 10.6. The summed E-state index contributed by atoms with van der Waals surface area (Å²) in [5.74, 6) is -0.997. The smallest absolute Gasteiger partial charge is 0.295 e. The molecule has 6 nitrogen and oxygen atoms in total. The molecule has 1 aliphatic heterocycles. The number of carbonyl (C=O) groups excluding carboxylic acids is 2. The van der Waals surface area contributed by atoms with Crippen LogP contribution in [0.1, 0.15) is 36.9 Å². The van der Waals surface area contributed by atoms with Gasteiger partial charge in [0.1, 0.15) is 11.5 Å². The van der Waals surface area contributed by atoms with E-state index in [1.54, 1.807) is 55.6 Å². The van der Waals surface area contributed by atoms with Gasteiger partial charge in [0.25, 0.3) is 11.7 Å². The molecule has 1 heterocycles. The Bertz CT molecular complexity index is 970. The molecule has 1 aliphatic rings. The van der Waals surface area contributed by atoms with Crippen LogP contribution >= 0.6 is 11.6 Å². The minimum absolute atomic E-state index is 0.0531. The van der Waals surface area contributed by atoms with Crippen molar-refractivity contribution in [3.05, 3.63) is 70.3 Å². The molecule has 0 radical (unpaired) electrons. The Labute approximate surface area is 187 Å². The summed E-state index contributed by atoms with van der Waals surface area (Å²) in [5, 5.41) is 11.7. The minimum atomic E-state index is -0.714. The number of hydrogen-bond acceptors (Lipinski definition) is 5. The van der Waals surface area contributed by atoms with Gasteiger partial charge in [0.2, 0.25) is 0 Å². The van der Waals surface area contributed by atoms with E-state index in [9.17, 15) is 14.7 Å². The molecule has 0 spiro atoms. The van der Waals surface area contributed by atoms with E-state index in [4.69, 9.17) is 21.1 Å². The van der Waals surface area contributed by atoms with Crippen molar-refractivity contribution in [1.29, 1.82) is 0 Å². The molecule has 7 heteroatoms. The van der Waals surface area contributed by atoms with Gasteiger partial charge < -0.3 is 19.5 Å². The number of ketones is 1. The average Bonchev–Trinajstić information content (AvgIpc) is 3.03. The fraction of sp³-hybridized carbons (Fsp3) is 0.333. The van der Waals surface area contributed by atoms with Crippen molar-refractivity contribution >= 4 is 29.1 Å². The van der Waals surface area contributed by atoms with Crippen LogP contribution < -0.4 is 4.74 Å². The second kappa shape index (κ2) is 10.5. The SMILES string of the molecule is CCCOc1cccc(/C(O)=C2\C(=O)C(=O)N(CCCOC)C2c2ccc(Cl)cc2)c1. The summed E-state index contributed by atoms with van der Waals surface area (Å²) in [6.07, 6.45) is 1.41. The van der Waals surface area contributed by atoms with E-state index in [1.807, 2.05) is 6.92 Å². The lowest BCUT2D eigenvalue weighted by Crippen LogP contribution is -2.31. The second-order valence-corrected chi connectivity index (χ2v) is 7.70. The minimum Gasteiger partial charge on any atom is -0.507 e. The average molecular weight is 444 g/mol. The predicted molar refractivity (Wildman–Crippen MR) is 119 cm³/mol. The van der Waals surface area contributed by atoms with Gasteiger partial charge >= 0.3 is 0 Å². The van der Waals surface area contributed by atoms with Crippen LogP contribution in [0.3, 0.4) is 0 Å². The molecule has 164 valence electrons. The van der Waals surface area contributed by atoms with Crippen LogP contribution in [0.5, 0.6) is 5.75 Å². The summed E-state index contributed by atoms with van der Waals surface area (Å²) in [5.41, 5.74) is 1.17. The lowest BCUT2D eigenvalue weighted by Gasteiger charge is -2.25. The number of benzene rings is 2. The van der Waals surface area contributed by atoms with Crippen LogP contribution in [-0.4, -0.2) is 48.6 Å². The Balaban J connectivity index is 2.07. The molecule has 1 fully saturated rings. The Morgan fingerprint density at radius 3 is 2.55 bits per heavy atom. The highest BCUT2D eigenvalue weighted by atomic mass is 35.5. The number of ether oxygens (including phenoxy) is 2. The quantitative estimate of drug-likeness (QED) is 0.265. The Kier molecular flexibility index (Phi) is 7.71. The topological polar surface area (TPSA) is 76.1 Å². The maximum atomic E-state index is 13.0. The van der Waals surface area contributed by atoms with Gasteiger partial charge in [-0.2, -0.15) is 0 Å². The van der Waals surface area contributed by atoms with Crippen molar-refractivity contribution in [2.45, 2.75) is 25.8 Å². The number of aliphatic hydroxyl groups is 1. The highest BCUT2D eigenvalue weighted by Crippen LogP contribution is 2.40. The first-order chi connectivity index (χ1) is 15.0. The monoisotopic (exact) mass is 443 g/mol. The first-order valence-electron chi connectivity index (χ1n) is 10.2. The molecular weight excluding hydrogens is 418 g/mol. The lowest BCUT2D eigenvalue weighted by molar-refractivity contribution is -0.140. The van der Waals surface area contributed by atoms with Crippen LogP contribution in [0.25, 0.3) is 5.76 Å². The molecule has 2 aromatic rings. The normalized spacial score (nSPS) is 17.9. The number of aliphatic hydroxyl groups excluding tert-OH is 1. The van der Waals surface area contributed by atoms with E-state index < -0.39 is 17.7 Å². The van der Waals surface area contributed by atoms with Crippen molar-refractivity contribution in [3.63, 3.8) is 0 Å². The van der Waals surface area contributed by atoms with Crippen LogP contribution in [-0.2, 0) is 14.3 Å². The molecule has 0 saturated carbocycles. The number of amides is 1. The van der Waals surface area contributed by atoms with Crippen LogP contribution in [0.4, 0.5) is 0 Å². The van der Waals surface area contributed by atoms with Gasteiger partial charge in [-0.1, -0.05) is 42.8 Å². The van der Waals surface area contributed by atoms with E-state index in [-0.39, 0.29) is 11.3 Å². The van der Waals surface area contributed by atoms with Gasteiger partial charge in [0.15, 0.2) is 0 Å². The second-order valence-electron chi connectivity index (χ2n) is 7.27. The molecule has 1 N–H and O–H groups in total. The Hall–Kier alpha value is -2.83. The van der Waals surface area contributed by atoms with Crippen molar-refractivity contribution in [2.24, 2.45) is 0 Å². The molecule has 0 aliphatic carbocycles. The van der Waals surface area contributed by atoms with Crippen LogP contribution in [0, 0.1) is 0 Å². The van der Waals surface area contributed by atoms with E-state index in [0.29, 0.717) is 48.1 Å². The Morgan fingerprint density at radius 1 is 1.13 bits per heavy atom. The zero-order chi connectivity index (χ0) is 22.4. The van der Waals surface area contributed by atoms with E-state index in [1.165, 1.54) is 4.90 Å². The van der Waals surface area contributed by atoms with Crippen LogP contribution in [0.15, 0.2) is 54.1 Å². The summed E-state index contributed by atoms with van der Waals surface area (Å²) in [6, 6.07) is 13.1. The fourth-order valence-electron chi connectivity index (χ4n) is 3.59. The molecule has 0 bridgehead atoms. The van der Waals surface area contributed by atoms with E-state index in [0.717, 1.165) is 6.42 Å². The molecule has 0 aromatic heterocycles. The molecule has 31 heavy (non-hydrogen) atoms. The zero-order valence-corrected chi connectivity index (χ0v) is 18.4. The standard InChI is InChI=1S/C24H26ClNO5/c1-3-13-31-19-7-4-6-17(15-19)22(27)20-21(16-8-10-18(25)11-9-16)26(12-5-14-30-2)24(29)23(20)28/h4,6-11,15,21,27H,3,5,12-14H2,1-2H3/b22-20+. The molecule has 1 saturated heterocycles. The van der Waals surface area contributed by atoms with Crippen LogP contribution in [0.2, 0.25) is 5.02 Å². The molecule has 1 atom stereocenters. The Morgan fingerprint density at radius 2 is 1.87 bits per heavy atom. The highest BCUT2D eigenvalue weighted by Gasteiger charge is 2.45. The molecular formula is C24H26ClNO5. The first kappa shape index (κ1) is 22.8. The summed E-state index contributed by atoms with van der Waals surface area (Å²) in [4.78, 5) is 27.3. The molecule has 3 rings (SSSR count). The van der Waals surface area contributed by atoms with E-state index in [2.05, 4.69) is 0 Å². The largest absolute Gasteiger partial charge is 0.507 e. The van der Waals surface area contributed by atoms with Crippen molar-refractivity contribution in [1.82, 2.24) is 4.90 Å². The number of halogens is 1. The number of hydrogen-bond donors (Lipinski definition) is 1. The predicted octanol–water partition coefficient (Wildman–Crippen LogP) is 4.59. The van der Waals surface area contributed by atoms with Gasteiger partial charge in [0.05, 0.1) is 18.2 Å². The summed E-state index contributed by atoms with van der Waals surface area (Å²) >= 11 is 6.03. The fourth-order valence-corrected chi connectivity index (χ4v) is 3.72. The van der Waals surface area contributed by atoms with Gasteiger partial charge in [-0.05, 0) is 42.7 Å². The number of Topliss-reactive ketones (excluding diaryl/α,β-unsaturated/α-hetero) is 1. The highest BCUT2D eigenvalue weighted by molar-refractivity contribution is 6.46. The lowest BCUT2D eigenvalue weighted by atomic mass is 9.95. The maximum Gasteiger partial charge on any atom is 0.295 e. The summed E-state index contributed by atoms with van der Waals surface area (Å²) in [7, 11) is 1.58. The number of carbonyl (C=O) groups is 2. The number of nitrogens with zero attached hydrogens (tertiary/aromatic N) is 1. The third-order valence-electron chi connectivity index (χ3n) is 5.05. The number of likely N-dealkylation sites (tertiary alicyclic amines) is 1. The van der Waals surface area contributed by atoms with Crippen molar-refractivity contribution in [2.75, 3.05) is 26.9 Å². The van der Waals surface area contributed by atoms with E-state index >= 15 is 0 Å². The molecule has 1 amide bonds. The van der Waals surface area contributed by atoms with Crippen molar-refractivity contribution in [3.8, 4) is 5.75 Å². The zero-order valence-electron chi connectivity index (χ0n) is 17.6. The van der Waals surface area contributed by atoms with Gasteiger partial charge in [0, 0.05) is 30.8 Å². The third kappa shape index (κ3) is 5.09. The summed E-state index contributed by atoms with van der Waals surface area (Å²) in [6.45, 7) is 3.31. The van der Waals surface area contributed by atoms with Gasteiger partial charge in [-0.15, -0.1) is 0 Å². The molecule has 1 unspecified atom stereocenters. The van der Waals surface area contributed by atoms with Gasteiger partial charge in [-0.25, -0.2) is 0 Å². The summed E-state index contributed by atoms with van der Waals surface area (Å²) < 4.78 is 10.7. The third-order valence-corrected chi connectivity index (χ3v) is 5.31. The van der Waals surface area contributed by atoms with Gasteiger partial charge in [-0.3, -0.25) is 9.59 Å². The molecule has 2 aromatic carbocycles. The number of methoxy groups -OCH3 is 1.